The normalized spacial score (nSPS) is 17.2. The van der Waals surface area contributed by atoms with Gasteiger partial charge in [-0.25, -0.2) is 4.68 Å². The average Bonchev–Trinajstić information content (AvgIpc) is 3.31. The van der Waals surface area contributed by atoms with Gasteiger partial charge in [0.2, 0.25) is 0 Å². The first-order valence-corrected chi connectivity index (χ1v) is 8.89. The van der Waals surface area contributed by atoms with E-state index in [0.717, 1.165) is 37.3 Å². The van der Waals surface area contributed by atoms with Gasteiger partial charge in [-0.3, -0.25) is 9.48 Å². The summed E-state index contributed by atoms with van der Waals surface area (Å²) in [7, 11) is 0. The van der Waals surface area contributed by atoms with Crippen LogP contribution in [0.15, 0.2) is 48.8 Å². The molecule has 0 aliphatic carbocycles. The van der Waals surface area contributed by atoms with Crippen molar-refractivity contribution in [1.29, 1.82) is 0 Å². The van der Waals surface area contributed by atoms with E-state index in [4.69, 9.17) is 0 Å². The van der Waals surface area contributed by atoms with Crippen LogP contribution in [-0.4, -0.2) is 38.6 Å². The summed E-state index contributed by atoms with van der Waals surface area (Å²) < 4.78 is 3.70. The Bertz CT molecular complexity index is 892. The zero-order valence-corrected chi connectivity index (χ0v) is 14.7. The van der Waals surface area contributed by atoms with E-state index in [1.165, 1.54) is 0 Å². The molecule has 4 rings (SSSR count). The third-order valence-corrected chi connectivity index (χ3v) is 4.74. The van der Waals surface area contributed by atoms with E-state index in [9.17, 15) is 4.79 Å². The number of para-hydroxylation sites is 1. The second-order valence-corrected chi connectivity index (χ2v) is 6.53. The quantitative estimate of drug-likeness (QED) is 0.758. The van der Waals surface area contributed by atoms with E-state index in [1.54, 1.807) is 12.3 Å². The Kier molecular flexibility index (Phi) is 4.53. The first-order valence-electron chi connectivity index (χ1n) is 8.89. The van der Waals surface area contributed by atoms with E-state index in [-0.39, 0.29) is 5.91 Å². The molecule has 26 heavy (non-hydrogen) atoms. The van der Waals surface area contributed by atoms with Gasteiger partial charge in [0.15, 0.2) is 5.69 Å². The maximum atomic E-state index is 12.6. The van der Waals surface area contributed by atoms with Gasteiger partial charge in [-0.1, -0.05) is 18.2 Å². The van der Waals surface area contributed by atoms with Gasteiger partial charge in [0.25, 0.3) is 5.91 Å². The number of hydrogen-bond donors (Lipinski definition) is 2. The van der Waals surface area contributed by atoms with Crippen molar-refractivity contribution in [3.63, 3.8) is 0 Å². The smallest absolute Gasteiger partial charge is 0.276 e. The lowest BCUT2D eigenvalue weighted by Crippen LogP contribution is -2.32. The van der Waals surface area contributed by atoms with Crippen LogP contribution in [0, 0.1) is 6.92 Å². The van der Waals surface area contributed by atoms with Crippen LogP contribution in [0.2, 0.25) is 0 Å². The highest BCUT2D eigenvalue weighted by Gasteiger charge is 2.19. The molecule has 1 saturated heterocycles. The minimum atomic E-state index is -0.219. The summed E-state index contributed by atoms with van der Waals surface area (Å²) >= 11 is 0. The molecular weight excluding hydrogens is 328 g/mol. The van der Waals surface area contributed by atoms with Gasteiger partial charge in [0.1, 0.15) is 0 Å². The zero-order chi connectivity index (χ0) is 17.9. The monoisotopic (exact) mass is 350 g/mol. The Hall–Kier alpha value is -2.93. The summed E-state index contributed by atoms with van der Waals surface area (Å²) in [4.78, 5) is 12.6. The number of aromatic nitrogens is 4. The van der Waals surface area contributed by atoms with Crippen molar-refractivity contribution in [1.82, 2.24) is 24.9 Å². The van der Waals surface area contributed by atoms with Crippen LogP contribution in [0.4, 0.5) is 5.69 Å². The number of hydrogen-bond acceptors (Lipinski definition) is 4. The predicted octanol–water partition coefficient (Wildman–Crippen LogP) is 2.55. The van der Waals surface area contributed by atoms with Gasteiger partial charge in [-0.15, -0.1) is 0 Å². The molecule has 3 aromatic rings. The SMILES string of the molecule is Cc1c(NC(=O)c2ccn(C3CCCNC3)n2)cnn1-c1ccccc1. The van der Waals surface area contributed by atoms with Crippen molar-refractivity contribution < 1.29 is 4.79 Å². The summed E-state index contributed by atoms with van der Waals surface area (Å²) in [6.45, 7) is 3.88. The lowest BCUT2D eigenvalue weighted by atomic mass is 10.1. The summed E-state index contributed by atoms with van der Waals surface area (Å²) in [5.41, 5.74) is 2.94. The number of carbonyl (C=O) groups is 1. The van der Waals surface area contributed by atoms with Crippen LogP contribution in [0.1, 0.15) is 35.1 Å². The Morgan fingerprint density at radius 3 is 2.88 bits per heavy atom. The molecule has 1 unspecified atom stereocenters. The predicted molar refractivity (Wildman–Crippen MR) is 99.6 cm³/mol. The molecule has 1 aliphatic heterocycles. The number of amides is 1. The fraction of sp³-hybridized carbons (Fsp3) is 0.316. The fourth-order valence-corrected chi connectivity index (χ4v) is 3.27. The number of anilines is 1. The molecule has 3 heterocycles. The summed E-state index contributed by atoms with van der Waals surface area (Å²) in [6, 6.07) is 11.9. The van der Waals surface area contributed by atoms with Crippen LogP contribution in [-0.2, 0) is 0 Å². The molecule has 7 heteroatoms. The number of carbonyl (C=O) groups excluding carboxylic acids is 1. The van der Waals surface area contributed by atoms with Crippen molar-refractivity contribution in [2.45, 2.75) is 25.8 Å². The van der Waals surface area contributed by atoms with Crippen LogP contribution in [0.3, 0.4) is 0 Å². The van der Waals surface area contributed by atoms with Gasteiger partial charge in [0, 0.05) is 12.7 Å². The molecular formula is C19H22N6O. The number of nitrogens with zero attached hydrogens (tertiary/aromatic N) is 4. The van der Waals surface area contributed by atoms with E-state index >= 15 is 0 Å². The van der Waals surface area contributed by atoms with Gasteiger partial charge in [-0.05, 0) is 44.5 Å². The summed E-state index contributed by atoms with van der Waals surface area (Å²) in [6.07, 6.45) is 5.76. The van der Waals surface area contributed by atoms with E-state index in [0.29, 0.717) is 17.4 Å². The fourth-order valence-electron chi connectivity index (χ4n) is 3.27. The minimum absolute atomic E-state index is 0.219. The second kappa shape index (κ2) is 7.13. The van der Waals surface area contributed by atoms with Crippen molar-refractivity contribution in [2.24, 2.45) is 0 Å². The summed E-state index contributed by atoms with van der Waals surface area (Å²) in [5.74, 6) is -0.219. The number of benzene rings is 1. The Morgan fingerprint density at radius 2 is 2.12 bits per heavy atom. The average molecular weight is 350 g/mol. The molecule has 1 fully saturated rings. The van der Waals surface area contributed by atoms with Gasteiger partial charge in [-0.2, -0.15) is 10.2 Å². The first-order chi connectivity index (χ1) is 12.7. The molecule has 7 nitrogen and oxygen atoms in total. The molecule has 2 N–H and O–H groups in total. The van der Waals surface area contributed by atoms with Gasteiger partial charge in [0.05, 0.1) is 29.3 Å². The molecule has 0 saturated carbocycles. The highest BCUT2D eigenvalue weighted by Crippen LogP contribution is 2.20. The minimum Gasteiger partial charge on any atom is -0.318 e. The van der Waals surface area contributed by atoms with Crippen LogP contribution >= 0.6 is 0 Å². The van der Waals surface area contributed by atoms with Crippen LogP contribution < -0.4 is 10.6 Å². The third kappa shape index (κ3) is 3.25. The van der Waals surface area contributed by atoms with Gasteiger partial charge < -0.3 is 10.6 Å². The van der Waals surface area contributed by atoms with E-state index in [1.807, 2.05) is 52.8 Å². The third-order valence-electron chi connectivity index (χ3n) is 4.74. The van der Waals surface area contributed by atoms with Gasteiger partial charge >= 0.3 is 0 Å². The maximum absolute atomic E-state index is 12.6. The molecule has 1 amide bonds. The van der Waals surface area contributed by atoms with Crippen molar-refractivity contribution in [3.05, 3.63) is 60.2 Å². The number of piperidine rings is 1. The maximum Gasteiger partial charge on any atom is 0.276 e. The Morgan fingerprint density at radius 1 is 1.27 bits per heavy atom. The molecule has 0 spiro atoms. The van der Waals surface area contributed by atoms with Crippen molar-refractivity contribution in [3.8, 4) is 5.69 Å². The molecule has 134 valence electrons. The largest absolute Gasteiger partial charge is 0.318 e. The highest BCUT2D eigenvalue weighted by atomic mass is 16.2. The Labute approximate surface area is 152 Å². The molecule has 1 aromatic carbocycles. The van der Waals surface area contributed by atoms with E-state index in [2.05, 4.69) is 20.8 Å². The molecule has 1 aliphatic rings. The molecule has 0 bridgehead atoms. The highest BCUT2D eigenvalue weighted by molar-refractivity contribution is 6.03. The zero-order valence-electron chi connectivity index (χ0n) is 14.7. The molecule has 0 radical (unpaired) electrons. The lowest BCUT2D eigenvalue weighted by Gasteiger charge is -2.22. The Balaban J connectivity index is 1.49. The van der Waals surface area contributed by atoms with Crippen LogP contribution in [0.5, 0.6) is 0 Å². The second-order valence-electron chi connectivity index (χ2n) is 6.53. The molecule has 1 atom stereocenters. The number of nitrogens with one attached hydrogen (secondary N) is 2. The standard InChI is InChI=1S/C19H22N6O/c1-14-18(13-21-25(14)15-6-3-2-4-7-15)22-19(26)17-9-11-24(23-17)16-8-5-10-20-12-16/h2-4,6-7,9,11,13,16,20H,5,8,10,12H2,1H3,(H,22,26). The number of rotatable bonds is 4. The topological polar surface area (TPSA) is 76.8 Å². The van der Waals surface area contributed by atoms with Crippen molar-refractivity contribution in [2.75, 3.05) is 18.4 Å². The van der Waals surface area contributed by atoms with Crippen LogP contribution in [0.25, 0.3) is 5.69 Å². The molecule has 2 aromatic heterocycles. The van der Waals surface area contributed by atoms with Crippen molar-refractivity contribution >= 4 is 11.6 Å². The lowest BCUT2D eigenvalue weighted by molar-refractivity contribution is 0.102. The summed E-state index contributed by atoms with van der Waals surface area (Å²) in [5, 5.41) is 15.1. The van der Waals surface area contributed by atoms with E-state index < -0.39 is 0 Å². The first kappa shape index (κ1) is 16.5.